The molecular formula is C9H17N5. The van der Waals surface area contributed by atoms with E-state index in [-0.39, 0.29) is 0 Å². The molecule has 14 heavy (non-hydrogen) atoms. The molecule has 0 bridgehead atoms. The summed E-state index contributed by atoms with van der Waals surface area (Å²) >= 11 is 0. The fraction of sp³-hybridized carbons (Fsp3) is 0.556. The molecule has 0 amide bonds. The molecule has 0 aliphatic rings. The Hall–Kier alpha value is -1.36. The lowest BCUT2D eigenvalue weighted by atomic mass is 10.3. The molecule has 0 aliphatic heterocycles. The summed E-state index contributed by atoms with van der Waals surface area (Å²) in [7, 11) is 4.06. The normalized spacial score (nSPS) is 12.9. The second-order valence-corrected chi connectivity index (χ2v) is 3.64. The molecule has 1 aromatic rings. The molecule has 0 unspecified atom stereocenters. The molecule has 0 fully saturated rings. The van der Waals surface area contributed by atoms with Crippen LogP contribution in [0.4, 0.5) is 11.6 Å². The number of nitrogens with two attached hydrogens (primary N) is 1. The topological polar surface area (TPSA) is 67.1 Å². The van der Waals surface area contributed by atoms with Gasteiger partial charge in [-0.25, -0.2) is 4.98 Å². The van der Waals surface area contributed by atoms with Crippen molar-refractivity contribution in [2.75, 3.05) is 31.7 Å². The summed E-state index contributed by atoms with van der Waals surface area (Å²) < 4.78 is 0. The summed E-state index contributed by atoms with van der Waals surface area (Å²) in [6, 6.07) is 0.320. The molecule has 0 radical (unpaired) electrons. The molecule has 1 heterocycles. The lowest BCUT2D eigenvalue weighted by Gasteiger charge is -2.18. The highest BCUT2D eigenvalue weighted by Gasteiger charge is 2.04. The highest BCUT2D eigenvalue weighted by atomic mass is 15.1. The minimum atomic E-state index is 0.320. The van der Waals surface area contributed by atoms with Gasteiger partial charge in [0, 0.05) is 12.6 Å². The molecule has 3 N–H and O–H groups in total. The SMILES string of the molecule is C[C@@H](CN(C)C)Nc1cncc(N)n1. The van der Waals surface area contributed by atoms with Crippen molar-refractivity contribution >= 4 is 11.6 Å². The smallest absolute Gasteiger partial charge is 0.147 e. The highest BCUT2D eigenvalue weighted by Crippen LogP contribution is 2.04. The van der Waals surface area contributed by atoms with Crippen LogP contribution in [0, 0.1) is 0 Å². The van der Waals surface area contributed by atoms with E-state index in [2.05, 4.69) is 27.1 Å². The highest BCUT2D eigenvalue weighted by molar-refractivity contribution is 5.38. The van der Waals surface area contributed by atoms with Gasteiger partial charge in [0.25, 0.3) is 0 Å². The summed E-state index contributed by atoms with van der Waals surface area (Å²) in [6.45, 7) is 3.03. The molecule has 0 saturated carbocycles. The molecule has 1 rings (SSSR count). The van der Waals surface area contributed by atoms with E-state index in [4.69, 9.17) is 5.73 Å². The second kappa shape index (κ2) is 4.76. The van der Waals surface area contributed by atoms with Crippen LogP contribution in [0.25, 0.3) is 0 Å². The molecule has 78 valence electrons. The lowest BCUT2D eigenvalue weighted by molar-refractivity contribution is 0.392. The number of rotatable bonds is 4. The van der Waals surface area contributed by atoms with Gasteiger partial charge in [0.1, 0.15) is 11.6 Å². The van der Waals surface area contributed by atoms with Gasteiger partial charge >= 0.3 is 0 Å². The van der Waals surface area contributed by atoms with Gasteiger partial charge in [0.2, 0.25) is 0 Å². The molecule has 0 aromatic carbocycles. The van der Waals surface area contributed by atoms with Crippen molar-refractivity contribution in [2.24, 2.45) is 0 Å². The largest absolute Gasteiger partial charge is 0.382 e. The fourth-order valence-electron chi connectivity index (χ4n) is 1.30. The van der Waals surface area contributed by atoms with Crippen LogP contribution in [0.15, 0.2) is 12.4 Å². The molecule has 0 saturated heterocycles. The van der Waals surface area contributed by atoms with Crippen LogP contribution >= 0.6 is 0 Å². The van der Waals surface area contributed by atoms with Gasteiger partial charge in [-0.05, 0) is 21.0 Å². The Kier molecular flexibility index (Phi) is 3.64. The Morgan fingerprint density at radius 3 is 2.79 bits per heavy atom. The number of anilines is 2. The van der Waals surface area contributed by atoms with Crippen LogP contribution in [-0.2, 0) is 0 Å². The monoisotopic (exact) mass is 195 g/mol. The Morgan fingerprint density at radius 1 is 1.50 bits per heavy atom. The first-order chi connectivity index (χ1) is 6.58. The second-order valence-electron chi connectivity index (χ2n) is 3.64. The van der Waals surface area contributed by atoms with E-state index in [1.165, 1.54) is 6.20 Å². The first-order valence-corrected chi connectivity index (χ1v) is 4.56. The molecule has 0 spiro atoms. The Labute approximate surface area is 84.3 Å². The zero-order valence-electron chi connectivity index (χ0n) is 8.86. The predicted molar refractivity (Wildman–Crippen MR) is 58.1 cm³/mol. The van der Waals surface area contributed by atoms with E-state index in [0.29, 0.717) is 11.9 Å². The van der Waals surface area contributed by atoms with Crippen molar-refractivity contribution in [2.45, 2.75) is 13.0 Å². The summed E-state index contributed by atoms with van der Waals surface area (Å²) in [5.74, 6) is 1.16. The van der Waals surface area contributed by atoms with Gasteiger partial charge in [-0.15, -0.1) is 0 Å². The number of hydrogen-bond acceptors (Lipinski definition) is 5. The quantitative estimate of drug-likeness (QED) is 0.729. The van der Waals surface area contributed by atoms with Crippen molar-refractivity contribution in [3.8, 4) is 0 Å². The third-order valence-corrected chi connectivity index (χ3v) is 1.69. The van der Waals surface area contributed by atoms with Gasteiger partial charge in [0.05, 0.1) is 12.4 Å². The van der Waals surface area contributed by atoms with E-state index in [1.807, 2.05) is 14.1 Å². The van der Waals surface area contributed by atoms with Crippen molar-refractivity contribution in [3.05, 3.63) is 12.4 Å². The minimum absolute atomic E-state index is 0.320. The van der Waals surface area contributed by atoms with Crippen molar-refractivity contribution in [1.82, 2.24) is 14.9 Å². The predicted octanol–water partition coefficient (Wildman–Crippen LogP) is 0.421. The first-order valence-electron chi connectivity index (χ1n) is 4.56. The number of hydrogen-bond donors (Lipinski definition) is 2. The summed E-state index contributed by atoms with van der Waals surface area (Å²) in [5.41, 5.74) is 5.51. The molecule has 0 aliphatic carbocycles. The van der Waals surface area contributed by atoms with E-state index in [1.54, 1.807) is 6.20 Å². The number of nitrogen functional groups attached to an aromatic ring is 1. The first kappa shape index (κ1) is 10.7. The van der Waals surface area contributed by atoms with Gasteiger partial charge in [0.15, 0.2) is 0 Å². The Bertz CT molecular complexity index is 286. The summed E-state index contributed by atoms with van der Waals surface area (Å²) in [4.78, 5) is 10.2. The Morgan fingerprint density at radius 2 is 2.21 bits per heavy atom. The van der Waals surface area contributed by atoms with Crippen LogP contribution in [-0.4, -0.2) is 41.5 Å². The molecule has 1 atom stereocenters. The molecule has 5 heteroatoms. The maximum atomic E-state index is 5.51. The van der Waals surface area contributed by atoms with Crippen molar-refractivity contribution < 1.29 is 0 Å². The zero-order valence-corrected chi connectivity index (χ0v) is 8.86. The maximum absolute atomic E-state index is 5.51. The van der Waals surface area contributed by atoms with E-state index in [0.717, 1.165) is 12.4 Å². The minimum Gasteiger partial charge on any atom is -0.382 e. The van der Waals surface area contributed by atoms with Gasteiger partial charge in [-0.2, -0.15) is 0 Å². The summed E-state index contributed by atoms with van der Waals surface area (Å²) in [5, 5.41) is 3.22. The van der Waals surface area contributed by atoms with E-state index < -0.39 is 0 Å². The summed E-state index contributed by atoms with van der Waals surface area (Å²) in [6.07, 6.45) is 3.20. The van der Waals surface area contributed by atoms with Gasteiger partial charge in [-0.1, -0.05) is 0 Å². The number of nitrogens with one attached hydrogen (secondary N) is 1. The number of likely N-dealkylation sites (N-methyl/N-ethyl adjacent to an activating group) is 1. The Balaban J connectivity index is 2.51. The van der Waals surface area contributed by atoms with Crippen LogP contribution < -0.4 is 11.1 Å². The van der Waals surface area contributed by atoms with Crippen LogP contribution in [0.5, 0.6) is 0 Å². The molecule has 5 nitrogen and oxygen atoms in total. The van der Waals surface area contributed by atoms with Crippen LogP contribution in [0.1, 0.15) is 6.92 Å². The molecular weight excluding hydrogens is 178 g/mol. The van der Waals surface area contributed by atoms with Gasteiger partial charge < -0.3 is 16.0 Å². The van der Waals surface area contributed by atoms with Crippen LogP contribution in [0.3, 0.4) is 0 Å². The third kappa shape index (κ3) is 3.57. The fourth-order valence-corrected chi connectivity index (χ4v) is 1.30. The number of nitrogens with zero attached hydrogens (tertiary/aromatic N) is 3. The van der Waals surface area contributed by atoms with E-state index >= 15 is 0 Å². The third-order valence-electron chi connectivity index (χ3n) is 1.69. The van der Waals surface area contributed by atoms with Crippen molar-refractivity contribution in [3.63, 3.8) is 0 Å². The average Bonchev–Trinajstić information content (AvgIpc) is 2.01. The van der Waals surface area contributed by atoms with Gasteiger partial charge in [-0.3, -0.25) is 4.98 Å². The number of aromatic nitrogens is 2. The molecule has 1 aromatic heterocycles. The zero-order chi connectivity index (χ0) is 10.6. The van der Waals surface area contributed by atoms with Crippen molar-refractivity contribution in [1.29, 1.82) is 0 Å². The standard InChI is InChI=1S/C9H17N5/c1-7(6-14(2)3)12-9-5-11-4-8(10)13-9/h4-5,7H,6H2,1-3H3,(H3,10,12,13)/t7-/m0/s1. The lowest BCUT2D eigenvalue weighted by Crippen LogP contribution is -2.30. The van der Waals surface area contributed by atoms with E-state index in [9.17, 15) is 0 Å². The average molecular weight is 195 g/mol. The maximum Gasteiger partial charge on any atom is 0.147 e. The van der Waals surface area contributed by atoms with Crippen LogP contribution in [0.2, 0.25) is 0 Å².